The van der Waals surface area contributed by atoms with Gasteiger partial charge in [0, 0.05) is 7.05 Å². The average Bonchev–Trinajstić information content (AvgIpc) is 2.67. The fourth-order valence-electron chi connectivity index (χ4n) is 1.39. The molecule has 0 amide bonds. The van der Waals surface area contributed by atoms with Crippen LogP contribution in [0.4, 0.5) is 8.78 Å². The molecule has 0 aliphatic carbocycles. The molecule has 2 aromatic rings. The van der Waals surface area contributed by atoms with Gasteiger partial charge < -0.3 is 4.57 Å². The number of nitrogens with zero attached hydrogens (tertiary/aromatic N) is 2. The molecule has 1 heterocycles. The number of aryl methyl sites for hydroxylation is 1. The summed E-state index contributed by atoms with van der Waals surface area (Å²) in [6.45, 7) is 0. The van der Waals surface area contributed by atoms with E-state index >= 15 is 0 Å². The molecule has 1 aromatic carbocycles. The number of benzene rings is 1. The molecule has 0 N–H and O–H groups in total. The first-order valence-corrected chi connectivity index (χ1v) is 4.55. The Kier molecular flexibility index (Phi) is 2.52. The van der Waals surface area contributed by atoms with E-state index in [-0.39, 0.29) is 11.3 Å². The van der Waals surface area contributed by atoms with E-state index in [1.54, 1.807) is 7.05 Å². The maximum absolute atomic E-state index is 13.3. The van der Waals surface area contributed by atoms with E-state index in [0.29, 0.717) is 0 Å². The van der Waals surface area contributed by atoms with Crippen molar-refractivity contribution in [3.63, 3.8) is 0 Å². The summed E-state index contributed by atoms with van der Waals surface area (Å²) in [5, 5.41) is 0. The highest BCUT2D eigenvalue weighted by Gasteiger charge is 2.17. The van der Waals surface area contributed by atoms with Crippen LogP contribution >= 0.6 is 0 Å². The first kappa shape index (κ1) is 10.5. The third-order valence-electron chi connectivity index (χ3n) is 2.22. The summed E-state index contributed by atoms with van der Waals surface area (Å²) < 4.78 is 27.7. The summed E-state index contributed by atoms with van der Waals surface area (Å²) in [7, 11) is 1.61. The first-order valence-electron chi connectivity index (χ1n) is 4.55. The highest BCUT2D eigenvalue weighted by atomic mass is 19.1. The van der Waals surface area contributed by atoms with Crippen LogP contribution in [0.1, 0.15) is 16.1 Å². The van der Waals surface area contributed by atoms with Gasteiger partial charge in [0.2, 0.25) is 5.78 Å². The Morgan fingerprint density at radius 2 is 2.12 bits per heavy atom. The van der Waals surface area contributed by atoms with Crippen LogP contribution < -0.4 is 0 Å². The van der Waals surface area contributed by atoms with Gasteiger partial charge in [-0.15, -0.1) is 0 Å². The Bertz CT molecular complexity index is 549. The first-order chi connectivity index (χ1) is 7.59. The minimum absolute atomic E-state index is 0.213. The van der Waals surface area contributed by atoms with Crippen molar-refractivity contribution < 1.29 is 13.6 Å². The summed E-state index contributed by atoms with van der Waals surface area (Å²) >= 11 is 0. The van der Waals surface area contributed by atoms with E-state index in [0.717, 1.165) is 18.2 Å². The monoisotopic (exact) mass is 222 g/mol. The Morgan fingerprint density at radius 1 is 1.38 bits per heavy atom. The van der Waals surface area contributed by atoms with Crippen molar-refractivity contribution in [3.05, 3.63) is 53.6 Å². The Balaban J connectivity index is 2.49. The molecule has 0 aliphatic rings. The molecule has 0 radical (unpaired) electrons. The zero-order valence-corrected chi connectivity index (χ0v) is 8.45. The maximum atomic E-state index is 13.3. The Hall–Kier alpha value is -2.04. The second-order valence-corrected chi connectivity index (χ2v) is 3.34. The topological polar surface area (TPSA) is 34.9 Å². The van der Waals surface area contributed by atoms with Gasteiger partial charge in [-0.1, -0.05) is 0 Å². The minimum atomic E-state index is -0.743. The fraction of sp³-hybridized carbons (Fsp3) is 0.0909. The molecule has 0 unspecified atom stereocenters. The minimum Gasteiger partial charge on any atom is -0.331 e. The van der Waals surface area contributed by atoms with Crippen LogP contribution in [-0.4, -0.2) is 15.3 Å². The molecule has 5 heteroatoms. The smallest absolute Gasteiger partial charge is 0.214 e. The number of carbonyl (C=O) groups is 1. The molecular weight excluding hydrogens is 214 g/mol. The summed E-state index contributed by atoms with van der Waals surface area (Å²) in [5.74, 6) is -1.98. The lowest BCUT2D eigenvalue weighted by Gasteiger charge is -2.03. The van der Waals surface area contributed by atoms with E-state index in [2.05, 4.69) is 4.98 Å². The van der Waals surface area contributed by atoms with Gasteiger partial charge in [0.05, 0.1) is 18.1 Å². The molecule has 0 saturated carbocycles. The number of rotatable bonds is 2. The number of carbonyl (C=O) groups excluding carboxylic acids is 1. The molecule has 0 spiro atoms. The van der Waals surface area contributed by atoms with Gasteiger partial charge >= 0.3 is 0 Å². The molecule has 0 bridgehead atoms. The van der Waals surface area contributed by atoms with Crippen molar-refractivity contribution in [3.8, 4) is 0 Å². The number of ketones is 1. The number of hydrogen-bond donors (Lipinski definition) is 0. The van der Waals surface area contributed by atoms with Crippen LogP contribution in [0.3, 0.4) is 0 Å². The maximum Gasteiger partial charge on any atom is 0.214 e. The van der Waals surface area contributed by atoms with Gasteiger partial charge in [0.1, 0.15) is 17.3 Å². The van der Waals surface area contributed by atoms with E-state index in [1.165, 1.54) is 17.1 Å². The van der Waals surface area contributed by atoms with Gasteiger partial charge in [-0.3, -0.25) is 4.79 Å². The number of halogens is 2. The second kappa shape index (κ2) is 3.84. The lowest BCUT2D eigenvalue weighted by molar-refractivity contribution is 0.102. The van der Waals surface area contributed by atoms with Gasteiger partial charge in [-0.05, 0) is 18.2 Å². The van der Waals surface area contributed by atoms with Crippen LogP contribution in [0.25, 0.3) is 0 Å². The van der Waals surface area contributed by atoms with Crippen LogP contribution in [0.15, 0.2) is 30.7 Å². The molecule has 3 nitrogen and oxygen atoms in total. The highest BCUT2D eigenvalue weighted by molar-refractivity contribution is 6.07. The molecule has 0 fully saturated rings. The fourth-order valence-corrected chi connectivity index (χ4v) is 1.39. The molecule has 0 atom stereocenters. The lowest BCUT2D eigenvalue weighted by atomic mass is 10.1. The van der Waals surface area contributed by atoms with Gasteiger partial charge in [0.15, 0.2) is 0 Å². The van der Waals surface area contributed by atoms with Crippen molar-refractivity contribution in [2.24, 2.45) is 7.05 Å². The molecule has 0 saturated heterocycles. The summed E-state index contributed by atoms with van der Waals surface area (Å²) in [4.78, 5) is 15.6. The summed E-state index contributed by atoms with van der Waals surface area (Å²) in [6.07, 6.45) is 2.73. The van der Waals surface area contributed by atoms with Crippen molar-refractivity contribution >= 4 is 5.78 Å². The van der Waals surface area contributed by atoms with E-state index in [4.69, 9.17) is 0 Å². The predicted molar refractivity (Wildman–Crippen MR) is 53.0 cm³/mol. The molecule has 1 aromatic heterocycles. The SMILES string of the molecule is Cn1cncc1C(=O)c1cc(F)ccc1F. The second-order valence-electron chi connectivity index (χ2n) is 3.34. The van der Waals surface area contributed by atoms with Crippen molar-refractivity contribution in [2.75, 3.05) is 0 Å². The van der Waals surface area contributed by atoms with Crippen LogP contribution in [0, 0.1) is 11.6 Å². The molecular formula is C11H8F2N2O. The van der Waals surface area contributed by atoms with E-state index in [1.807, 2.05) is 0 Å². The molecule has 16 heavy (non-hydrogen) atoms. The zero-order chi connectivity index (χ0) is 11.7. The Labute approximate surface area is 90.3 Å². The quantitative estimate of drug-likeness (QED) is 0.728. The van der Waals surface area contributed by atoms with E-state index in [9.17, 15) is 13.6 Å². The number of imidazole rings is 1. The van der Waals surface area contributed by atoms with Crippen molar-refractivity contribution in [2.45, 2.75) is 0 Å². The third-order valence-corrected chi connectivity index (χ3v) is 2.22. The highest BCUT2D eigenvalue weighted by Crippen LogP contribution is 2.14. The van der Waals surface area contributed by atoms with Gasteiger partial charge in [0.25, 0.3) is 0 Å². The van der Waals surface area contributed by atoms with Gasteiger partial charge in [-0.2, -0.15) is 0 Å². The number of aromatic nitrogens is 2. The molecule has 82 valence electrons. The molecule has 2 rings (SSSR count). The lowest BCUT2D eigenvalue weighted by Crippen LogP contribution is -2.09. The molecule has 0 aliphatic heterocycles. The van der Waals surface area contributed by atoms with Crippen molar-refractivity contribution in [1.82, 2.24) is 9.55 Å². The summed E-state index contributed by atoms with van der Waals surface area (Å²) in [6, 6.07) is 2.78. The normalized spacial score (nSPS) is 10.4. The average molecular weight is 222 g/mol. The third kappa shape index (κ3) is 1.71. The van der Waals surface area contributed by atoms with Crippen LogP contribution in [-0.2, 0) is 7.05 Å². The van der Waals surface area contributed by atoms with Crippen molar-refractivity contribution in [1.29, 1.82) is 0 Å². The van der Waals surface area contributed by atoms with Gasteiger partial charge in [-0.25, -0.2) is 13.8 Å². The van der Waals surface area contributed by atoms with Crippen LogP contribution in [0.2, 0.25) is 0 Å². The largest absolute Gasteiger partial charge is 0.331 e. The Morgan fingerprint density at radius 3 is 2.75 bits per heavy atom. The standard InChI is InChI=1S/C11H8F2N2O/c1-15-6-14-5-10(15)11(16)8-4-7(12)2-3-9(8)13/h2-6H,1H3. The predicted octanol–water partition coefficient (Wildman–Crippen LogP) is 1.93. The summed E-state index contributed by atoms with van der Waals surface area (Å²) in [5.41, 5.74) is -0.0758. The van der Waals surface area contributed by atoms with Crippen LogP contribution in [0.5, 0.6) is 0 Å². The number of hydrogen-bond acceptors (Lipinski definition) is 2. The zero-order valence-electron chi connectivity index (χ0n) is 8.45. The van der Waals surface area contributed by atoms with E-state index < -0.39 is 17.4 Å².